The van der Waals surface area contributed by atoms with E-state index in [9.17, 15) is 4.79 Å². The van der Waals surface area contributed by atoms with Gasteiger partial charge in [-0.05, 0) is 26.3 Å². The van der Waals surface area contributed by atoms with Crippen molar-refractivity contribution in [2.45, 2.75) is 52.3 Å². The number of rotatable bonds is 5. The van der Waals surface area contributed by atoms with Gasteiger partial charge in [-0.2, -0.15) is 5.10 Å². The number of carbonyl (C=O) groups is 1. The molecular weight excluding hydrogens is 294 g/mol. The second-order valence-electron chi connectivity index (χ2n) is 5.87. The van der Waals surface area contributed by atoms with Crippen LogP contribution >= 0.6 is 0 Å². The smallest absolute Gasteiger partial charge is 0.287 e. The van der Waals surface area contributed by atoms with Crippen molar-refractivity contribution in [3.8, 4) is 0 Å². The molecule has 1 N–H and O–H groups in total. The van der Waals surface area contributed by atoms with E-state index in [-0.39, 0.29) is 18.1 Å². The van der Waals surface area contributed by atoms with Gasteiger partial charge in [0, 0.05) is 36.9 Å². The van der Waals surface area contributed by atoms with Crippen LogP contribution < -0.4 is 5.32 Å². The molecule has 2 aromatic heterocycles. The maximum atomic E-state index is 12.5. The second kappa shape index (κ2) is 6.58. The molecule has 2 aromatic rings. The van der Waals surface area contributed by atoms with Crippen molar-refractivity contribution in [3.05, 3.63) is 41.1 Å². The predicted octanol–water partition coefficient (Wildman–Crippen LogP) is 2.63. The molecule has 1 aliphatic heterocycles. The zero-order valence-electron chi connectivity index (χ0n) is 13.8. The van der Waals surface area contributed by atoms with Gasteiger partial charge in [0.1, 0.15) is 11.9 Å². The molecule has 0 saturated carbocycles. The highest BCUT2D eigenvalue weighted by Crippen LogP contribution is 2.29. The van der Waals surface area contributed by atoms with Crippen molar-refractivity contribution in [2.24, 2.45) is 0 Å². The number of amides is 1. The van der Waals surface area contributed by atoms with Crippen LogP contribution in [0.25, 0.3) is 0 Å². The summed E-state index contributed by atoms with van der Waals surface area (Å²) in [5.41, 5.74) is 1.87. The van der Waals surface area contributed by atoms with E-state index in [1.807, 2.05) is 43.9 Å². The number of hydrogen-bond acceptors (Lipinski definition) is 4. The van der Waals surface area contributed by atoms with Crippen LogP contribution in [0.15, 0.2) is 22.9 Å². The molecule has 1 amide bonds. The summed E-state index contributed by atoms with van der Waals surface area (Å²) >= 11 is 0. The Bertz CT molecular complexity index is 689. The summed E-state index contributed by atoms with van der Waals surface area (Å²) in [7, 11) is 0. The number of hydrogen-bond donors (Lipinski definition) is 1. The molecule has 0 radical (unpaired) electrons. The molecule has 0 bridgehead atoms. The average Bonchev–Trinajstić information content (AvgIpc) is 3.25. The Hall–Kier alpha value is -2.08. The lowest BCUT2D eigenvalue weighted by atomic mass is 10.1. The fourth-order valence-electron chi connectivity index (χ4n) is 2.95. The summed E-state index contributed by atoms with van der Waals surface area (Å²) in [5, 5.41) is 7.34. The molecule has 6 heteroatoms. The number of nitrogens with zero attached hydrogens (tertiary/aromatic N) is 2. The molecule has 6 nitrogen and oxygen atoms in total. The maximum Gasteiger partial charge on any atom is 0.287 e. The topological polar surface area (TPSA) is 69.3 Å². The van der Waals surface area contributed by atoms with Gasteiger partial charge in [0.2, 0.25) is 0 Å². The zero-order valence-corrected chi connectivity index (χ0v) is 13.8. The molecule has 2 atom stereocenters. The number of furan rings is 1. The first-order valence-corrected chi connectivity index (χ1v) is 8.16. The molecule has 1 saturated heterocycles. The van der Waals surface area contributed by atoms with Gasteiger partial charge in [-0.25, -0.2) is 0 Å². The lowest BCUT2D eigenvalue weighted by molar-refractivity contribution is 0.0799. The normalized spacial score (nSPS) is 20.8. The number of carbonyl (C=O) groups excluding carboxylic acids is 1. The number of nitrogens with one attached hydrogen (secondary N) is 1. The standard InChI is InChI=1S/C17H23N3O3/c1-4-13-8-11(3)15(23-13)17(21)19-14-6-7-22-16(14)12-9-18-20(5-2)10-12/h8-10,14,16H,4-7H2,1-3H3,(H,19,21)/t14-,16+/m0/s1. The third-order valence-electron chi connectivity index (χ3n) is 4.24. The van der Waals surface area contributed by atoms with Crippen LogP contribution in [0.2, 0.25) is 0 Å². The van der Waals surface area contributed by atoms with Gasteiger partial charge in [0.25, 0.3) is 5.91 Å². The predicted molar refractivity (Wildman–Crippen MR) is 85.3 cm³/mol. The Labute approximate surface area is 135 Å². The van der Waals surface area contributed by atoms with Crippen LogP contribution in [0, 0.1) is 6.92 Å². The van der Waals surface area contributed by atoms with Crippen molar-refractivity contribution >= 4 is 5.91 Å². The molecule has 3 heterocycles. The number of ether oxygens (including phenoxy) is 1. The van der Waals surface area contributed by atoms with Gasteiger partial charge >= 0.3 is 0 Å². The molecule has 0 aromatic carbocycles. The fourth-order valence-corrected chi connectivity index (χ4v) is 2.95. The molecule has 124 valence electrons. The Morgan fingerprint density at radius 2 is 2.30 bits per heavy atom. The first kappa shape index (κ1) is 15.8. The molecule has 1 fully saturated rings. The highest BCUT2D eigenvalue weighted by molar-refractivity contribution is 5.93. The second-order valence-corrected chi connectivity index (χ2v) is 5.87. The molecule has 0 aliphatic carbocycles. The van der Waals surface area contributed by atoms with Crippen LogP contribution in [-0.4, -0.2) is 28.3 Å². The zero-order chi connectivity index (χ0) is 16.4. The van der Waals surface area contributed by atoms with E-state index in [2.05, 4.69) is 10.4 Å². The van der Waals surface area contributed by atoms with Crippen molar-refractivity contribution in [1.29, 1.82) is 0 Å². The van der Waals surface area contributed by atoms with E-state index >= 15 is 0 Å². The minimum Gasteiger partial charge on any atom is -0.456 e. The highest BCUT2D eigenvalue weighted by Gasteiger charge is 2.33. The third-order valence-corrected chi connectivity index (χ3v) is 4.24. The van der Waals surface area contributed by atoms with Gasteiger partial charge in [-0.15, -0.1) is 0 Å². The van der Waals surface area contributed by atoms with Gasteiger partial charge < -0.3 is 14.5 Å². The lowest BCUT2D eigenvalue weighted by Crippen LogP contribution is -2.36. The summed E-state index contributed by atoms with van der Waals surface area (Å²) in [6.45, 7) is 7.38. The third kappa shape index (κ3) is 3.17. The van der Waals surface area contributed by atoms with Crippen molar-refractivity contribution in [1.82, 2.24) is 15.1 Å². The lowest BCUT2D eigenvalue weighted by Gasteiger charge is -2.18. The number of aromatic nitrogens is 2. The van der Waals surface area contributed by atoms with Crippen molar-refractivity contribution in [3.63, 3.8) is 0 Å². The average molecular weight is 317 g/mol. The highest BCUT2D eigenvalue weighted by atomic mass is 16.5. The van der Waals surface area contributed by atoms with E-state index in [1.165, 1.54) is 0 Å². The van der Waals surface area contributed by atoms with E-state index in [0.29, 0.717) is 12.4 Å². The molecule has 23 heavy (non-hydrogen) atoms. The molecule has 1 aliphatic rings. The Balaban J connectivity index is 1.72. The summed E-state index contributed by atoms with van der Waals surface area (Å²) in [6.07, 6.45) is 5.20. The van der Waals surface area contributed by atoms with Gasteiger partial charge in [0.05, 0.1) is 12.2 Å². The molecule has 0 unspecified atom stereocenters. The van der Waals surface area contributed by atoms with Gasteiger partial charge in [-0.1, -0.05) is 6.92 Å². The first-order valence-electron chi connectivity index (χ1n) is 8.16. The quantitative estimate of drug-likeness (QED) is 0.920. The molecular formula is C17H23N3O3. The molecule has 3 rings (SSSR count). The SMILES string of the molecule is CCc1cc(C)c(C(=O)N[C@H]2CCO[C@@H]2c2cnn(CC)c2)o1. The minimum absolute atomic E-state index is 0.0633. The monoisotopic (exact) mass is 317 g/mol. The van der Waals surface area contributed by atoms with Gasteiger partial charge in [-0.3, -0.25) is 9.48 Å². The van der Waals surface area contributed by atoms with Crippen LogP contribution in [-0.2, 0) is 17.7 Å². The van der Waals surface area contributed by atoms with Crippen molar-refractivity contribution < 1.29 is 13.9 Å². The Morgan fingerprint density at radius 1 is 1.48 bits per heavy atom. The van der Waals surface area contributed by atoms with Crippen LogP contribution in [0.5, 0.6) is 0 Å². The van der Waals surface area contributed by atoms with Crippen LogP contribution in [0.3, 0.4) is 0 Å². The number of aryl methyl sites for hydroxylation is 3. The fraction of sp³-hybridized carbons (Fsp3) is 0.529. The summed E-state index contributed by atoms with van der Waals surface area (Å²) in [6, 6.07) is 1.86. The van der Waals surface area contributed by atoms with E-state index in [4.69, 9.17) is 9.15 Å². The minimum atomic E-state index is -0.175. The summed E-state index contributed by atoms with van der Waals surface area (Å²) in [5.74, 6) is 1.05. The van der Waals surface area contributed by atoms with Crippen LogP contribution in [0.4, 0.5) is 0 Å². The van der Waals surface area contributed by atoms with Crippen LogP contribution in [0.1, 0.15) is 53.8 Å². The van der Waals surface area contributed by atoms with Gasteiger partial charge in [0.15, 0.2) is 5.76 Å². The van der Waals surface area contributed by atoms with E-state index in [0.717, 1.165) is 36.3 Å². The largest absolute Gasteiger partial charge is 0.456 e. The van der Waals surface area contributed by atoms with E-state index in [1.54, 1.807) is 0 Å². The van der Waals surface area contributed by atoms with Crippen molar-refractivity contribution in [2.75, 3.05) is 6.61 Å². The maximum absolute atomic E-state index is 12.5. The Morgan fingerprint density at radius 3 is 2.96 bits per heavy atom. The summed E-state index contributed by atoms with van der Waals surface area (Å²) in [4.78, 5) is 12.5. The Kier molecular flexibility index (Phi) is 4.52. The summed E-state index contributed by atoms with van der Waals surface area (Å²) < 4.78 is 13.3. The molecule has 0 spiro atoms. The first-order chi connectivity index (χ1) is 11.1. The van der Waals surface area contributed by atoms with E-state index < -0.39 is 0 Å².